The molecular formula is C53H76F2N8O12. The number of halogens is 2. The molecule has 1 saturated heterocycles. The summed E-state index contributed by atoms with van der Waals surface area (Å²) in [7, 11) is 0. The van der Waals surface area contributed by atoms with Gasteiger partial charge in [-0.25, -0.2) is 13.8 Å². The predicted octanol–water partition coefficient (Wildman–Crippen LogP) is 3.30. The van der Waals surface area contributed by atoms with E-state index in [1.54, 1.807) is 38.5 Å². The minimum Gasteiger partial charge on any atom is -0.387 e. The quantitative estimate of drug-likeness (QED) is 0.0435. The standard InChI is InChI=1S/C53H76F2N8O12/c1-36(2)47(60-43(66)17-22-72-24-26-74-28-29-75-27-25-73-23-19-57-42(65)16-21-63-45(68)31-53(6,7)51(63)71)50(70)58-32-44(67)56-18-11-20-62(46(69)35-64)48(52(3,4)5)49-59-41(39-30-38(54)14-15-40(39)55)34-61(49)33-37-12-9-8-10-13-37/h8-10,12-15,30,34,36,47-48,64H,11,16-29,31-33,35H2,1-7H3,(H,56,67)(H,57,65)(H,58,70)(H,60,66)/t47?,48-/m0/s1. The lowest BCUT2D eigenvalue weighted by Crippen LogP contribution is -2.51. The van der Waals surface area contributed by atoms with E-state index < -0.39 is 64.8 Å². The first kappa shape index (κ1) is 61.3. The largest absolute Gasteiger partial charge is 0.387 e. The molecule has 22 heteroatoms. The molecule has 0 bridgehead atoms. The highest BCUT2D eigenvalue weighted by molar-refractivity contribution is 6.05. The van der Waals surface area contributed by atoms with Crippen molar-refractivity contribution >= 4 is 41.4 Å². The SMILES string of the molecule is CC(C)C(NC(=O)CCOCCOCCOCCOCCNC(=O)CCN1C(=O)CC(C)(C)C1=O)C(=O)NCC(=O)NCCCN(C(=O)CO)[C@@H](c1nc(-c2cc(F)ccc2F)cn1Cc1ccccc1)C(C)(C)C. The second kappa shape index (κ2) is 30.4. The van der Waals surface area contributed by atoms with E-state index in [0.717, 1.165) is 28.7 Å². The Morgan fingerprint density at radius 3 is 2.04 bits per heavy atom. The highest BCUT2D eigenvalue weighted by Gasteiger charge is 2.44. The number of aliphatic hydroxyl groups excluding tert-OH is 1. The number of hydrogen-bond donors (Lipinski definition) is 5. The number of likely N-dealkylation sites (tertiary alicyclic amines) is 1. The molecule has 4 rings (SSSR count). The molecule has 0 spiro atoms. The molecule has 2 aromatic carbocycles. The predicted molar refractivity (Wildman–Crippen MR) is 272 cm³/mol. The van der Waals surface area contributed by atoms with Gasteiger partial charge in [0.15, 0.2) is 0 Å². The first-order valence-corrected chi connectivity index (χ1v) is 25.4. The highest BCUT2D eigenvalue weighted by atomic mass is 19.1. The molecule has 5 N–H and O–H groups in total. The Labute approximate surface area is 437 Å². The van der Waals surface area contributed by atoms with E-state index in [2.05, 4.69) is 21.3 Å². The molecule has 2 heterocycles. The summed E-state index contributed by atoms with van der Waals surface area (Å²) in [4.78, 5) is 96.0. The molecule has 20 nitrogen and oxygen atoms in total. The number of rotatable bonds is 33. The van der Waals surface area contributed by atoms with E-state index in [4.69, 9.17) is 23.9 Å². The fraction of sp³-hybridized carbons (Fsp3) is 0.585. The number of carbonyl (C=O) groups is 7. The van der Waals surface area contributed by atoms with Crippen molar-refractivity contribution < 1.29 is 66.4 Å². The lowest BCUT2D eigenvalue weighted by molar-refractivity contribution is -0.141. The van der Waals surface area contributed by atoms with Crippen molar-refractivity contribution in [1.29, 1.82) is 0 Å². The van der Waals surface area contributed by atoms with Gasteiger partial charge in [-0.15, -0.1) is 0 Å². The molecule has 414 valence electrons. The number of nitrogens with one attached hydrogen (secondary N) is 4. The summed E-state index contributed by atoms with van der Waals surface area (Å²) in [6, 6.07) is 10.9. The number of benzene rings is 2. The Bertz CT molecular complexity index is 2360. The second-order valence-electron chi connectivity index (χ2n) is 20.2. The van der Waals surface area contributed by atoms with Crippen LogP contribution >= 0.6 is 0 Å². The minimum absolute atomic E-state index is 0.0175. The van der Waals surface area contributed by atoms with Crippen LogP contribution in [-0.2, 0) is 59.1 Å². The van der Waals surface area contributed by atoms with Crippen molar-refractivity contribution in [2.45, 2.75) is 92.8 Å². The third kappa shape index (κ3) is 20.1. The van der Waals surface area contributed by atoms with Crippen LogP contribution in [0.25, 0.3) is 11.3 Å². The lowest BCUT2D eigenvalue weighted by Gasteiger charge is -2.40. The summed E-state index contributed by atoms with van der Waals surface area (Å²) in [5, 5.41) is 20.8. The number of imidazole rings is 1. The lowest BCUT2D eigenvalue weighted by atomic mass is 9.84. The van der Waals surface area contributed by atoms with Gasteiger partial charge in [-0.05, 0) is 41.5 Å². The summed E-state index contributed by atoms with van der Waals surface area (Å²) in [5.74, 6) is -4.11. The molecule has 0 radical (unpaired) electrons. The normalized spacial score (nSPS) is 14.2. The summed E-state index contributed by atoms with van der Waals surface area (Å²) in [6.45, 7) is 14.3. The molecule has 2 atom stereocenters. The van der Waals surface area contributed by atoms with Crippen LogP contribution in [0.4, 0.5) is 8.78 Å². The number of aromatic nitrogens is 2. The van der Waals surface area contributed by atoms with E-state index in [1.165, 1.54) is 4.90 Å². The summed E-state index contributed by atoms with van der Waals surface area (Å²) >= 11 is 0. The van der Waals surface area contributed by atoms with Gasteiger partial charge in [-0.1, -0.05) is 78.8 Å². The fourth-order valence-electron chi connectivity index (χ4n) is 8.20. The third-order valence-electron chi connectivity index (χ3n) is 12.1. The molecule has 3 aromatic rings. The van der Waals surface area contributed by atoms with Crippen LogP contribution in [0.3, 0.4) is 0 Å². The van der Waals surface area contributed by atoms with Crippen LogP contribution in [0.1, 0.15) is 91.6 Å². The van der Waals surface area contributed by atoms with Crippen molar-refractivity contribution in [3.8, 4) is 11.3 Å². The molecule has 1 fully saturated rings. The topological polar surface area (TPSA) is 249 Å². The van der Waals surface area contributed by atoms with Gasteiger partial charge in [0.1, 0.15) is 30.1 Å². The van der Waals surface area contributed by atoms with E-state index >= 15 is 4.39 Å². The van der Waals surface area contributed by atoms with Gasteiger partial charge >= 0.3 is 0 Å². The van der Waals surface area contributed by atoms with Gasteiger partial charge in [0, 0.05) is 63.7 Å². The molecule has 0 aliphatic carbocycles. The van der Waals surface area contributed by atoms with E-state index in [0.29, 0.717) is 38.8 Å². The van der Waals surface area contributed by atoms with Gasteiger partial charge in [0.25, 0.3) is 0 Å². The third-order valence-corrected chi connectivity index (χ3v) is 12.1. The van der Waals surface area contributed by atoms with Crippen molar-refractivity contribution in [3.05, 3.63) is 77.8 Å². The zero-order valence-corrected chi connectivity index (χ0v) is 44.3. The second-order valence-corrected chi connectivity index (χ2v) is 20.2. The molecule has 7 amide bonds. The van der Waals surface area contributed by atoms with Crippen molar-refractivity contribution in [3.63, 3.8) is 0 Å². The molecule has 0 saturated carbocycles. The van der Waals surface area contributed by atoms with E-state index in [1.807, 2.05) is 51.1 Å². The van der Waals surface area contributed by atoms with Crippen LogP contribution in [0.5, 0.6) is 0 Å². The van der Waals surface area contributed by atoms with Crippen LogP contribution in [0, 0.1) is 28.4 Å². The zero-order valence-electron chi connectivity index (χ0n) is 44.3. The molecule has 1 aromatic heterocycles. The Kier molecular flexibility index (Phi) is 24.8. The monoisotopic (exact) mass is 1050 g/mol. The maximum Gasteiger partial charge on any atom is 0.248 e. The van der Waals surface area contributed by atoms with E-state index in [9.17, 15) is 43.1 Å². The number of hydrogen-bond acceptors (Lipinski definition) is 13. The number of nitrogens with zero attached hydrogens (tertiary/aromatic N) is 4. The highest BCUT2D eigenvalue weighted by Crippen LogP contribution is 2.39. The average Bonchev–Trinajstić information content (AvgIpc) is 3.84. The molecule has 1 aliphatic rings. The van der Waals surface area contributed by atoms with Gasteiger partial charge in [0.05, 0.1) is 76.6 Å². The van der Waals surface area contributed by atoms with Crippen molar-refractivity contribution in [2.24, 2.45) is 16.7 Å². The summed E-state index contributed by atoms with van der Waals surface area (Å²) in [6.07, 6.45) is 2.02. The molecular weight excluding hydrogens is 979 g/mol. The number of carbonyl (C=O) groups excluding carboxylic acids is 7. The van der Waals surface area contributed by atoms with Crippen LogP contribution in [0.15, 0.2) is 54.7 Å². The smallest absolute Gasteiger partial charge is 0.248 e. The number of ether oxygens (including phenoxy) is 4. The summed E-state index contributed by atoms with van der Waals surface area (Å²) in [5.41, 5.74) is -0.401. The first-order chi connectivity index (χ1) is 35.6. The van der Waals surface area contributed by atoms with Crippen LogP contribution < -0.4 is 21.3 Å². The number of amides is 7. The maximum atomic E-state index is 15.1. The maximum absolute atomic E-state index is 15.1. The van der Waals surface area contributed by atoms with Gasteiger partial charge < -0.3 is 54.8 Å². The Hall–Kier alpha value is -6.20. The fourth-order valence-corrected chi connectivity index (χ4v) is 8.20. The minimum atomic E-state index is -0.926. The van der Waals surface area contributed by atoms with Crippen molar-refractivity contribution in [1.82, 2.24) is 40.6 Å². The van der Waals surface area contributed by atoms with Crippen molar-refractivity contribution in [2.75, 3.05) is 92.2 Å². The Morgan fingerprint density at radius 2 is 1.44 bits per heavy atom. The number of aliphatic hydroxyl groups is 1. The number of imide groups is 1. The van der Waals surface area contributed by atoms with Crippen LogP contribution in [0.2, 0.25) is 0 Å². The Morgan fingerprint density at radius 1 is 0.813 bits per heavy atom. The zero-order chi connectivity index (χ0) is 55.1. The first-order valence-electron chi connectivity index (χ1n) is 25.4. The van der Waals surface area contributed by atoms with Gasteiger partial charge in [-0.2, -0.15) is 0 Å². The van der Waals surface area contributed by atoms with Crippen LogP contribution in [-0.4, -0.2) is 164 Å². The van der Waals surface area contributed by atoms with Gasteiger partial charge in [-0.3, -0.25) is 38.5 Å². The molecule has 1 aliphatic heterocycles. The summed E-state index contributed by atoms with van der Waals surface area (Å²) < 4.78 is 53.1. The average molecular weight is 1060 g/mol. The molecule has 1 unspecified atom stereocenters. The van der Waals surface area contributed by atoms with Gasteiger partial charge in [0.2, 0.25) is 41.4 Å². The van der Waals surface area contributed by atoms with E-state index in [-0.39, 0.29) is 120 Å². The molecule has 75 heavy (non-hydrogen) atoms. The Balaban J connectivity index is 1.11.